The number of carbonyl (C=O) groups excluding carboxylic acids is 1. The molecular weight excluding hydrogens is 450 g/mol. The molecule has 0 radical (unpaired) electrons. The lowest BCUT2D eigenvalue weighted by Crippen LogP contribution is -2.42. The summed E-state index contributed by atoms with van der Waals surface area (Å²) in [6.07, 6.45) is 5.92. The SMILES string of the molecule is C=CCNC(=O)c1cnc(Nc2ccc3c(c2)C(C)(C)NCC3)nc1Nc1ccnc(C(C)(C)C)c1. The number of fused-ring (bicyclic) bond motifs is 1. The summed E-state index contributed by atoms with van der Waals surface area (Å²) in [4.78, 5) is 26.4. The smallest absolute Gasteiger partial charge is 0.256 e. The second-order valence-corrected chi connectivity index (χ2v) is 10.6. The van der Waals surface area contributed by atoms with Crippen molar-refractivity contribution < 1.29 is 4.79 Å². The first-order chi connectivity index (χ1) is 17.1. The molecule has 0 aliphatic carbocycles. The Kier molecular flexibility index (Phi) is 7.08. The number of amides is 1. The highest BCUT2D eigenvalue weighted by molar-refractivity contribution is 5.99. The third kappa shape index (κ3) is 5.71. The van der Waals surface area contributed by atoms with Gasteiger partial charge in [-0.3, -0.25) is 9.78 Å². The molecule has 0 bridgehead atoms. The molecular formula is C28H35N7O. The van der Waals surface area contributed by atoms with E-state index in [1.165, 1.54) is 17.3 Å². The summed E-state index contributed by atoms with van der Waals surface area (Å²) < 4.78 is 0. The number of nitrogens with zero attached hydrogens (tertiary/aromatic N) is 3. The maximum Gasteiger partial charge on any atom is 0.256 e. The lowest BCUT2D eigenvalue weighted by Gasteiger charge is -2.34. The van der Waals surface area contributed by atoms with Crippen LogP contribution in [0.3, 0.4) is 0 Å². The third-order valence-electron chi connectivity index (χ3n) is 6.23. The summed E-state index contributed by atoms with van der Waals surface area (Å²) in [5.74, 6) is 0.514. The summed E-state index contributed by atoms with van der Waals surface area (Å²) in [5.41, 5.74) is 5.32. The van der Waals surface area contributed by atoms with Crippen molar-refractivity contribution >= 4 is 29.0 Å². The minimum absolute atomic E-state index is 0.113. The molecule has 4 rings (SSSR count). The topological polar surface area (TPSA) is 104 Å². The Morgan fingerprint density at radius 3 is 2.67 bits per heavy atom. The van der Waals surface area contributed by atoms with Crippen LogP contribution in [0, 0.1) is 0 Å². The van der Waals surface area contributed by atoms with Crippen LogP contribution in [0.25, 0.3) is 0 Å². The molecule has 36 heavy (non-hydrogen) atoms. The predicted octanol–water partition coefficient (Wildman–Crippen LogP) is 4.95. The zero-order valence-corrected chi connectivity index (χ0v) is 21.7. The number of anilines is 4. The zero-order chi connectivity index (χ0) is 25.9. The van der Waals surface area contributed by atoms with Crippen LogP contribution in [0.2, 0.25) is 0 Å². The molecule has 4 N–H and O–H groups in total. The highest BCUT2D eigenvalue weighted by Crippen LogP contribution is 2.31. The molecule has 3 aromatic rings. The first-order valence-electron chi connectivity index (χ1n) is 12.2. The molecule has 1 aromatic carbocycles. The minimum Gasteiger partial charge on any atom is -0.348 e. The molecule has 0 spiro atoms. The second kappa shape index (κ2) is 10.1. The number of hydrogen-bond acceptors (Lipinski definition) is 7. The Bertz CT molecular complexity index is 1280. The molecule has 0 saturated carbocycles. The number of rotatable bonds is 7. The molecule has 8 heteroatoms. The Hall–Kier alpha value is -3.78. The van der Waals surface area contributed by atoms with Crippen LogP contribution < -0.4 is 21.3 Å². The molecule has 1 aliphatic rings. The van der Waals surface area contributed by atoms with Gasteiger partial charge in [-0.2, -0.15) is 4.98 Å². The van der Waals surface area contributed by atoms with Crippen molar-refractivity contribution in [2.45, 2.75) is 52.0 Å². The molecule has 0 unspecified atom stereocenters. The van der Waals surface area contributed by atoms with Gasteiger partial charge in [0.1, 0.15) is 11.4 Å². The van der Waals surface area contributed by atoms with Crippen molar-refractivity contribution in [2.24, 2.45) is 0 Å². The van der Waals surface area contributed by atoms with Crippen molar-refractivity contribution in [3.05, 3.63) is 77.8 Å². The largest absolute Gasteiger partial charge is 0.348 e. The van der Waals surface area contributed by atoms with E-state index in [1.54, 1.807) is 12.3 Å². The fraction of sp³-hybridized carbons (Fsp3) is 0.357. The lowest BCUT2D eigenvalue weighted by molar-refractivity contribution is 0.0958. The van der Waals surface area contributed by atoms with Crippen molar-refractivity contribution in [1.82, 2.24) is 25.6 Å². The van der Waals surface area contributed by atoms with Gasteiger partial charge in [-0.25, -0.2) is 4.98 Å². The quantitative estimate of drug-likeness (QED) is 0.351. The van der Waals surface area contributed by atoms with Gasteiger partial charge >= 0.3 is 0 Å². The number of pyridine rings is 1. The Balaban J connectivity index is 1.67. The van der Waals surface area contributed by atoms with Crippen LogP contribution in [0.5, 0.6) is 0 Å². The van der Waals surface area contributed by atoms with Gasteiger partial charge in [-0.15, -0.1) is 6.58 Å². The molecule has 0 saturated heterocycles. The standard InChI is InChI=1S/C28H35N7O/c1-7-12-30-25(36)21-17-31-26(34-19-9-8-18-10-14-32-28(5,6)22(18)15-19)35-24(21)33-20-11-13-29-23(16-20)27(2,3)4/h7-9,11,13,15-17,32H,1,10,12,14H2,2-6H3,(H,30,36)(H2,29,31,33,34,35). The fourth-order valence-electron chi connectivity index (χ4n) is 4.21. The number of aromatic nitrogens is 3. The normalized spacial score (nSPS) is 14.5. The monoisotopic (exact) mass is 485 g/mol. The number of benzene rings is 1. The van der Waals surface area contributed by atoms with Crippen molar-refractivity contribution in [2.75, 3.05) is 23.7 Å². The van der Waals surface area contributed by atoms with Crippen LogP contribution in [-0.4, -0.2) is 33.9 Å². The maximum absolute atomic E-state index is 12.8. The van der Waals surface area contributed by atoms with E-state index in [4.69, 9.17) is 0 Å². The van der Waals surface area contributed by atoms with Gasteiger partial charge in [0.25, 0.3) is 5.91 Å². The van der Waals surface area contributed by atoms with E-state index in [1.807, 2.05) is 18.2 Å². The number of hydrogen-bond donors (Lipinski definition) is 4. The van der Waals surface area contributed by atoms with Gasteiger partial charge in [0.15, 0.2) is 0 Å². The average molecular weight is 486 g/mol. The first kappa shape index (κ1) is 25.3. The third-order valence-corrected chi connectivity index (χ3v) is 6.23. The molecule has 2 aromatic heterocycles. The van der Waals surface area contributed by atoms with Crippen LogP contribution in [-0.2, 0) is 17.4 Å². The number of nitrogens with one attached hydrogen (secondary N) is 4. The maximum atomic E-state index is 12.8. The van der Waals surface area contributed by atoms with Gasteiger partial charge in [-0.1, -0.05) is 32.9 Å². The van der Waals surface area contributed by atoms with E-state index >= 15 is 0 Å². The highest BCUT2D eigenvalue weighted by Gasteiger charge is 2.27. The molecule has 3 heterocycles. The summed E-state index contributed by atoms with van der Waals surface area (Å²) >= 11 is 0. The summed E-state index contributed by atoms with van der Waals surface area (Å²) in [6.45, 7) is 15.7. The Morgan fingerprint density at radius 1 is 1.14 bits per heavy atom. The van der Waals surface area contributed by atoms with Crippen molar-refractivity contribution in [3.63, 3.8) is 0 Å². The van der Waals surface area contributed by atoms with E-state index in [9.17, 15) is 4.79 Å². The van der Waals surface area contributed by atoms with Crippen LogP contribution >= 0.6 is 0 Å². The predicted molar refractivity (Wildman–Crippen MR) is 145 cm³/mol. The van der Waals surface area contributed by atoms with Crippen molar-refractivity contribution in [3.8, 4) is 0 Å². The molecule has 0 atom stereocenters. The fourth-order valence-corrected chi connectivity index (χ4v) is 4.21. The van der Waals surface area contributed by atoms with Gasteiger partial charge < -0.3 is 21.3 Å². The second-order valence-electron chi connectivity index (χ2n) is 10.6. The van der Waals surface area contributed by atoms with E-state index in [0.717, 1.165) is 30.0 Å². The summed E-state index contributed by atoms with van der Waals surface area (Å²) in [7, 11) is 0. The van der Waals surface area contributed by atoms with E-state index in [0.29, 0.717) is 23.9 Å². The lowest BCUT2D eigenvalue weighted by atomic mass is 9.85. The van der Waals surface area contributed by atoms with Gasteiger partial charge in [0.05, 0.1) is 0 Å². The van der Waals surface area contributed by atoms with Gasteiger partial charge in [0.2, 0.25) is 5.95 Å². The summed E-state index contributed by atoms with van der Waals surface area (Å²) in [6, 6.07) is 10.2. The molecule has 188 valence electrons. The zero-order valence-electron chi connectivity index (χ0n) is 21.7. The molecule has 1 aliphatic heterocycles. The first-order valence-corrected chi connectivity index (χ1v) is 12.2. The van der Waals surface area contributed by atoms with Crippen LogP contribution in [0.4, 0.5) is 23.1 Å². The van der Waals surface area contributed by atoms with Gasteiger partial charge in [0, 0.05) is 47.0 Å². The summed E-state index contributed by atoms with van der Waals surface area (Å²) in [5, 5.41) is 13.0. The number of carbonyl (C=O) groups is 1. The Labute approximate surface area is 213 Å². The average Bonchev–Trinajstić information content (AvgIpc) is 2.83. The van der Waals surface area contributed by atoms with Crippen molar-refractivity contribution in [1.29, 1.82) is 0 Å². The Morgan fingerprint density at radius 2 is 1.92 bits per heavy atom. The van der Waals surface area contributed by atoms with E-state index < -0.39 is 0 Å². The van der Waals surface area contributed by atoms with Crippen LogP contribution in [0.1, 0.15) is 61.8 Å². The molecule has 0 fully saturated rings. The minimum atomic E-state index is -0.282. The molecule has 8 nitrogen and oxygen atoms in total. The molecule has 1 amide bonds. The van der Waals surface area contributed by atoms with E-state index in [2.05, 4.69) is 89.5 Å². The van der Waals surface area contributed by atoms with Gasteiger partial charge in [-0.05, 0) is 62.2 Å². The van der Waals surface area contributed by atoms with Crippen LogP contribution in [0.15, 0.2) is 55.4 Å². The highest BCUT2D eigenvalue weighted by atomic mass is 16.1. The van der Waals surface area contributed by atoms with E-state index in [-0.39, 0.29) is 16.9 Å².